The van der Waals surface area contributed by atoms with E-state index in [0.29, 0.717) is 12.6 Å². The first-order valence-corrected chi connectivity index (χ1v) is 12.7. The first-order chi connectivity index (χ1) is 15.6. The number of hydrogen-bond donors (Lipinski definition) is 3. The molecule has 3 aliphatic rings. The highest BCUT2D eigenvalue weighted by molar-refractivity contribution is 7.99. The summed E-state index contributed by atoms with van der Waals surface area (Å²) in [4.78, 5) is 14.1. The van der Waals surface area contributed by atoms with E-state index in [1.165, 1.54) is 39.2 Å². The van der Waals surface area contributed by atoms with Crippen molar-refractivity contribution in [1.82, 2.24) is 25.5 Å². The number of hydrazine groups is 1. The Labute approximate surface area is 194 Å². The number of hydrogen-bond acceptors (Lipinski definition) is 8. The molecule has 1 saturated heterocycles. The Kier molecular flexibility index (Phi) is 4.98. The molecule has 1 aromatic carbocycles. The Bertz CT molecular complexity index is 1200. The molecular formula is C22H25N7OS2. The highest BCUT2D eigenvalue weighted by Crippen LogP contribution is 2.48. The molecular weight excluding hydrogens is 442 g/mol. The van der Waals surface area contributed by atoms with Crippen molar-refractivity contribution < 1.29 is 4.79 Å². The fourth-order valence-electron chi connectivity index (χ4n) is 4.78. The fraction of sp³-hybridized carbons (Fsp3) is 0.409. The van der Waals surface area contributed by atoms with Gasteiger partial charge >= 0.3 is 0 Å². The van der Waals surface area contributed by atoms with Crippen LogP contribution in [-0.4, -0.2) is 33.1 Å². The first kappa shape index (κ1) is 20.2. The third-order valence-corrected chi connectivity index (χ3v) is 8.46. The van der Waals surface area contributed by atoms with Crippen LogP contribution in [0.5, 0.6) is 0 Å². The summed E-state index contributed by atoms with van der Waals surface area (Å²) in [6.07, 6.45) is 3.56. The maximum atomic E-state index is 12.6. The maximum Gasteiger partial charge on any atom is 0.249 e. The van der Waals surface area contributed by atoms with E-state index < -0.39 is 0 Å². The monoisotopic (exact) mass is 467 g/mol. The molecule has 0 radical (unpaired) electrons. The summed E-state index contributed by atoms with van der Waals surface area (Å²) in [5, 5.41) is 19.5. The normalized spacial score (nSPS) is 21.0. The lowest BCUT2D eigenvalue weighted by Crippen LogP contribution is -2.39. The average molecular weight is 468 g/mol. The van der Waals surface area contributed by atoms with Gasteiger partial charge < -0.3 is 5.32 Å². The lowest BCUT2D eigenvalue weighted by Gasteiger charge is -2.31. The summed E-state index contributed by atoms with van der Waals surface area (Å²) in [6, 6.07) is 7.84. The van der Waals surface area contributed by atoms with E-state index in [1.54, 1.807) is 0 Å². The lowest BCUT2D eigenvalue weighted by molar-refractivity contribution is -0.113. The number of amides is 1. The minimum absolute atomic E-state index is 0.0490. The van der Waals surface area contributed by atoms with Crippen LogP contribution in [0.1, 0.15) is 41.1 Å². The minimum atomic E-state index is -0.0490. The van der Waals surface area contributed by atoms with Crippen LogP contribution in [0.3, 0.4) is 0 Å². The second kappa shape index (κ2) is 7.87. The van der Waals surface area contributed by atoms with Crippen molar-refractivity contribution in [2.75, 3.05) is 22.7 Å². The van der Waals surface area contributed by atoms with Crippen molar-refractivity contribution in [3.05, 3.63) is 45.8 Å². The summed E-state index contributed by atoms with van der Waals surface area (Å²) in [5.41, 5.74) is 8.16. The van der Waals surface area contributed by atoms with E-state index in [-0.39, 0.29) is 17.8 Å². The Morgan fingerprint density at radius 2 is 2.28 bits per heavy atom. The Morgan fingerprint density at radius 3 is 3.16 bits per heavy atom. The highest BCUT2D eigenvalue weighted by atomic mass is 32.2. The SMILES string of the molecule is Cc1cccc(NC(=O)CSc2nnc3n2-c2sc4c(c2C2NCNN32)CC[C@@H](C)C4)c1. The molecule has 1 fully saturated rings. The van der Waals surface area contributed by atoms with Gasteiger partial charge in [-0.1, -0.05) is 30.8 Å². The predicted octanol–water partition coefficient (Wildman–Crippen LogP) is 3.38. The number of aryl methyl sites for hydroxylation is 1. The van der Waals surface area contributed by atoms with Gasteiger partial charge in [0.2, 0.25) is 11.9 Å². The maximum absolute atomic E-state index is 12.6. The predicted molar refractivity (Wildman–Crippen MR) is 127 cm³/mol. The van der Waals surface area contributed by atoms with Crippen molar-refractivity contribution in [2.45, 2.75) is 44.4 Å². The zero-order chi connectivity index (χ0) is 21.8. The number of anilines is 2. The molecule has 1 amide bonds. The number of thiophene rings is 1. The molecule has 2 aromatic heterocycles. The van der Waals surface area contributed by atoms with Crippen molar-refractivity contribution >= 4 is 40.6 Å². The zero-order valence-corrected chi connectivity index (χ0v) is 19.6. The van der Waals surface area contributed by atoms with Crippen LogP contribution >= 0.6 is 23.1 Å². The van der Waals surface area contributed by atoms with Crippen LogP contribution in [0.4, 0.5) is 11.6 Å². The van der Waals surface area contributed by atoms with E-state index in [9.17, 15) is 4.79 Å². The molecule has 6 rings (SSSR count). The second-order valence-electron chi connectivity index (χ2n) is 8.71. The van der Waals surface area contributed by atoms with Gasteiger partial charge in [0.1, 0.15) is 11.2 Å². The van der Waals surface area contributed by atoms with Crippen molar-refractivity contribution in [3.63, 3.8) is 0 Å². The van der Waals surface area contributed by atoms with Crippen LogP contribution in [0.15, 0.2) is 29.4 Å². The number of fused-ring (bicyclic) bond motifs is 8. The van der Waals surface area contributed by atoms with Crippen molar-refractivity contribution in [3.8, 4) is 5.00 Å². The van der Waals surface area contributed by atoms with Crippen LogP contribution in [0.2, 0.25) is 0 Å². The van der Waals surface area contributed by atoms with Gasteiger partial charge in [-0.15, -0.1) is 21.5 Å². The van der Waals surface area contributed by atoms with Gasteiger partial charge in [-0.3, -0.25) is 15.1 Å². The van der Waals surface area contributed by atoms with Crippen LogP contribution in [-0.2, 0) is 17.6 Å². The molecule has 8 nitrogen and oxygen atoms in total. The van der Waals surface area contributed by atoms with Crippen molar-refractivity contribution in [1.29, 1.82) is 0 Å². The summed E-state index contributed by atoms with van der Waals surface area (Å²) < 4.78 is 2.13. The largest absolute Gasteiger partial charge is 0.325 e. The number of thioether (sulfide) groups is 1. The number of carbonyl (C=O) groups excluding carboxylic acids is 1. The van der Waals surface area contributed by atoms with Gasteiger partial charge in [0.25, 0.3) is 0 Å². The zero-order valence-electron chi connectivity index (χ0n) is 18.0. The Hall–Kier alpha value is -2.40. The van der Waals surface area contributed by atoms with Gasteiger partial charge in [0.05, 0.1) is 12.4 Å². The molecule has 1 aliphatic carbocycles. The van der Waals surface area contributed by atoms with Gasteiger partial charge in [0.15, 0.2) is 5.16 Å². The Balaban J connectivity index is 1.30. The quantitative estimate of drug-likeness (QED) is 0.507. The molecule has 166 valence electrons. The van der Waals surface area contributed by atoms with E-state index in [4.69, 9.17) is 0 Å². The molecule has 0 bridgehead atoms. The fourth-order valence-corrected chi connectivity index (χ4v) is 7.11. The van der Waals surface area contributed by atoms with Gasteiger partial charge in [-0.25, -0.2) is 9.99 Å². The average Bonchev–Trinajstić information content (AvgIpc) is 3.47. The van der Waals surface area contributed by atoms with Gasteiger partial charge in [-0.2, -0.15) is 0 Å². The van der Waals surface area contributed by atoms with E-state index in [2.05, 4.69) is 42.8 Å². The van der Waals surface area contributed by atoms with Gasteiger partial charge in [0, 0.05) is 16.1 Å². The van der Waals surface area contributed by atoms with Crippen LogP contribution in [0.25, 0.3) is 5.00 Å². The summed E-state index contributed by atoms with van der Waals surface area (Å²) in [7, 11) is 0. The molecule has 3 N–H and O–H groups in total. The minimum Gasteiger partial charge on any atom is -0.325 e. The standard InChI is InChI=1S/C22H25N7OS2/c1-12-4-3-5-14(8-12)25-17(30)10-31-22-27-26-21-28(22)20-18(19-23-11-24-29(19)21)15-7-6-13(2)9-16(15)32-20/h3-5,8,13,19,23-24H,6-7,9-11H2,1-2H3,(H,25,30)/t13-,19?/m1/s1. The lowest BCUT2D eigenvalue weighted by atomic mass is 9.87. The molecule has 2 aliphatic heterocycles. The number of nitrogens with one attached hydrogen (secondary N) is 3. The molecule has 0 saturated carbocycles. The Morgan fingerprint density at radius 1 is 1.38 bits per heavy atom. The van der Waals surface area contributed by atoms with E-state index >= 15 is 0 Å². The van der Waals surface area contributed by atoms with Crippen LogP contribution in [0, 0.1) is 12.8 Å². The van der Waals surface area contributed by atoms with Crippen LogP contribution < -0.4 is 21.1 Å². The smallest absolute Gasteiger partial charge is 0.249 e. The number of rotatable bonds is 4. The highest BCUT2D eigenvalue weighted by Gasteiger charge is 2.42. The summed E-state index contributed by atoms with van der Waals surface area (Å²) in [6.45, 7) is 5.04. The third kappa shape index (κ3) is 3.33. The van der Waals surface area contributed by atoms with Gasteiger partial charge in [-0.05, 0) is 55.4 Å². The number of aromatic nitrogens is 3. The number of carbonyl (C=O) groups is 1. The summed E-state index contributed by atoms with van der Waals surface area (Å²) in [5.74, 6) is 1.72. The number of benzene rings is 1. The molecule has 2 atom stereocenters. The van der Waals surface area contributed by atoms with E-state index in [1.807, 2.05) is 42.5 Å². The van der Waals surface area contributed by atoms with E-state index in [0.717, 1.165) is 35.2 Å². The summed E-state index contributed by atoms with van der Waals surface area (Å²) >= 11 is 3.29. The molecule has 1 unspecified atom stereocenters. The second-order valence-corrected chi connectivity index (χ2v) is 10.7. The van der Waals surface area contributed by atoms with Crippen molar-refractivity contribution in [2.24, 2.45) is 5.92 Å². The molecule has 4 heterocycles. The molecule has 3 aromatic rings. The molecule has 10 heteroatoms. The first-order valence-electron chi connectivity index (χ1n) is 10.9. The molecule has 0 spiro atoms. The molecule has 32 heavy (non-hydrogen) atoms. The third-order valence-electron chi connectivity index (χ3n) is 6.28. The number of nitrogens with zero attached hydrogens (tertiary/aromatic N) is 4. The topological polar surface area (TPSA) is 87.1 Å².